The Morgan fingerprint density at radius 2 is 2.00 bits per heavy atom. The van der Waals surface area contributed by atoms with Gasteiger partial charge in [0.15, 0.2) is 0 Å². The van der Waals surface area contributed by atoms with Crippen molar-refractivity contribution >= 4 is 11.6 Å². The standard InChI is InChI=1S/C15H22ClNO/c1-17(11-13-6-5-7-14(16)10-13)12-15(18)8-3-2-4-9-15/h5-7,10,18H,2-4,8-9,11-12H2,1H3. The Bertz CT molecular complexity index is 388. The predicted octanol–water partition coefficient (Wildman–Crippen LogP) is 3.47. The Balaban J connectivity index is 1.90. The summed E-state index contributed by atoms with van der Waals surface area (Å²) in [5.41, 5.74) is 0.718. The van der Waals surface area contributed by atoms with Crippen molar-refractivity contribution in [3.63, 3.8) is 0 Å². The van der Waals surface area contributed by atoms with E-state index in [1.165, 1.54) is 12.0 Å². The van der Waals surface area contributed by atoms with E-state index in [1.54, 1.807) is 0 Å². The van der Waals surface area contributed by atoms with E-state index >= 15 is 0 Å². The van der Waals surface area contributed by atoms with Crippen LogP contribution in [0, 0.1) is 0 Å². The summed E-state index contributed by atoms with van der Waals surface area (Å²) in [6.45, 7) is 1.59. The quantitative estimate of drug-likeness (QED) is 0.903. The minimum atomic E-state index is -0.481. The first kappa shape index (κ1) is 13.9. The Morgan fingerprint density at radius 1 is 1.28 bits per heavy atom. The molecule has 0 aromatic heterocycles. The zero-order valence-electron chi connectivity index (χ0n) is 11.0. The van der Waals surface area contributed by atoms with Crippen LogP contribution in [0.2, 0.25) is 5.02 Å². The molecule has 2 nitrogen and oxygen atoms in total. The van der Waals surface area contributed by atoms with Gasteiger partial charge in [-0.3, -0.25) is 4.90 Å². The van der Waals surface area contributed by atoms with Crippen LogP contribution >= 0.6 is 11.6 Å². The molecule has 0 atom stereocenters. The topological polar surface area (TPSA) is 23.5 Å². The van der Waals surface area contributed by atoms with E-state index in [0.29, 0.717) is 0 Å². The van der Waals surface area contributed by atoms with Crippen molar-refractivity contribution in [2.24, 2.45) is 0 Å². The number of hydrogen-bond donors (Lipinski definition) is 1. The van der Waals surface area contributed by atoms with Gasteiger partial charge in [0.1, 0.15) is 0 Å². The maximum atomic E-state index is 10.5. The van der Waals surface area contributed by atoms with Crippen molar-refractivity contribution in [2.75, 3.05) is 13.6 Å². The van der Waals surface area contributed by atoms with Gasteiger partial charge in [0.05, 0.1) is 5.60 Å². The van der Waals surface area contributed by atoms with E-state index in [1.807, 2.05) is 18.2 Å². The SMILES string of the molecule is CN(Cc1cccc(Cl)c1)CC1(O)CCCCC1. The second-order valence-corrected chi connectivity index (χ2v) is 6.02. The third-order valence-electron chi connectivity index (χ3n) is 3.69. The van der Waals surface area contributed by atoms with Gasteiger partial charge in [-0.25, -0.2) is 0 Å². The summed E-state index contributed by atoms with van der Waals surface area (Å²) in [6, 6.07) is 7.93. The summed E-state index contributed by atoms with van der Waals surface area (Å²) in [5.74, 6) is 0. The first-order valence-electron chi connectivity index (χ1n) is 6.73. The van der Waals surface area contributed by atoms with Gasteiger partial charge in [0.25, 0.3) is 0 Å². The van der Waals surface area contributed by atoms with E-state index in [2.05, 4.69) is 18.0 Å². The minimum Gasteiger partial charge on any atom is -0.389 e. The first-order chi connectivity index (χ1) is 8.57. The lowest BCUT2D eigenvalue weighted by atomic mass is 9.84. The van der Waals surface area contributed by atoms with E-state index in [4.69, 9.17) is 11.6 Å². The molecule has 100 valence electrons. The van der Waals surface area contributed by atoms with Crippen LogP contribution < -0.4 is 0 Å². The zero-order valence-corrected chi connectivity index (χ0v) is 11.8. The minimum absolute atomic E-state index is 0.481. The van der Waals surface area contributed by atoms with Crippen molar-refractivity contribution in [1.82, 2.24) is 4.90 Å². The van der Waals surface area contributed by atoms with Crippen LogP contribution in [0.3, 0.4) is 0 Å². The lowest BCUT2D eigenvalue weighted by molar-refractivity contribution is -0.0223. The summed E-state index contributed by atoms with van der Waals surface area (Å²) in [4.78, 5) is 2.19. The van der Waals surface area contributed by atoms with Gasteiger partial charge in [-0.15, -0.1) is 0 Å². The highest BCUT2D eigenvalue weighted by molar-refractivity contribution is 6.30. The molecule has 1 aromatic carbocycles. The Morgan fingerprint density at radius 3 is 2.67 bits per heavy atom. The number of hydrogen-bond acceptors (Lipinski definition) is 2. The molecule has 0 heterocycles. The average Bonchev–Trinajstić information content (AvgIpc) is 2.28. The molecule has 0 unspecified atom stereocenters. The Kier molecular flexibility index (Phi) is 4.66. The summed E-state index contributed by atoms with van der Waals surface area (Å²) >= 11 is 5.98. The van der Waals surface area contributed by atoms with Crippen LogP contribution in [0.15, 0.2) is 24.3 Å². The second-order valence-electron chi connectivity index (χ2n) is 5.59. The van der Waals surface area contributed by atoms with Crippen molar-refractivity contribution in [3.05, 3.63) is 34.9 Å². The first-order valence-corrected chi connectivity index (χ1v) is 7.11. The van der Waals surface area contributed by atoms with E-state index in [9.17, 15) is 5.11 Å². The fourth-order valence-corrected chi connectivity index (χ4v) is 3.09. The van der Waals surface area contributed by atoms with Crippen LogP contribution in [0.1, 0.15) is 37.7 Å². The molecular formula is C15H22ClNO. The van der Waals surface area contributed by atoms with Crippen LogP contribution in [-0.2, 0) is 6.54 Å². The molecule has 1 aliphatic rings. The van der Waals surface area contributed by atoms with Crippen LogP contribution in [0.4, 0.5) is 0 Å². The summed E-state index contributed by atoms with van der Waals surface area (Å²) in [6.07, 6.45) is 5.45. The van der Waals surface area contributed by atoms with Gasteiger partial charge >= 0.3 is 0 Å². The number of halogens is 1. The second kappa shape index (κ2) is 6.05. The molecule has 0 amide bonds. The molecule has 0 aliphatic heterocycles. The summed E-state index contributed by atoms with van der Waals surface area (Å²) < 4.78 is 0. The maximum Gasteiger partial charge on any atom is 0.0774 e. The third kappa shape index (κ3) is 3.98. The molecule has 1 saturated carbocycles. The number of nitrogens with zero attached hydrogens (tertiary/aromatic N) is 1. The van der Waals surface area contributed by atoms with Gasteiger partial charge < -0.3 is 5.11 Å². The molecule has 0 spiro atoms. The van der Waals surface area contributed by atoms with Crippen molar-refractivity contribution < 1.29 is 5.11 Å². The van der Waals surface area contributed by atoms with Gasteiger partial charge in [0.2, 0.25) is 0 Å². The number of rotatable bonds is 4. The van der Waals surface area contributed by atoms with Gasteiger partial charge in [-0.2, -0.15) is 0 Å². The molecule has 0 radical (unpaired) electrons. The van der Waals surface area contributed by atoms with Crippen LogP contribution in [-0.4, -0.2) is 29.2 Å². The molecule has 0 saturated heterocycles. The molecule has 18 heavy (non-hydrogen) atoms. The predicted molar refractivity (Wildman–Crippen MR) is 75.8 cm³/mol. The number of likely N-dealkylation sites (N-methyl/N-ethyl adjacent to an activating group) is 1. The molecule has 0 bridgehead atoms. The van der Waals surface area contributed by atoms with Gasteiger partial charge in [-0.05, 0) is 37.6 Å². The van der Waals surface area contributed by atoms with Gasteiger partial charge in [0, 0.05) is 18.1 Å². The largest absolute Gasteiger partial charge is 0.389 e. The van der Waals surface area contributed by atoms with Crippen molar-refractivity contribution in [3.8, 4) is 0 Å². The highest BCUT2D eigenvalue weighted by Crippen LogP contribution is 2.28. The monoisotopic (exact) mass is 267 g/mol. The number of benzene rings is 1. The lowest BCUT2D eigenvalue weighted by Crippen LogP contribution is -2.42. The molecular weight excluding hydrogens is 246 g/mol. The zero-order chi connectivity index (χ0) is 13.0. The van der Waals surface area contributed by atoms with Gasteiger partial charge in [-0.1, -0.05) is 43.0 Å². The fourth-order valence-electron chi connectivity index (χ4n) is 2.87. The van der Waals surface area contributed by atoms with Crippen LogP contribution in [0.5, 0.6) is 0 Å². The van der Waals surface area contributed by atoms with Crippen molar-refractivity contribution in [1.29, 1.82) is 0 Å². The maximum absolute atomic E-state index is 10.5. The van der Waals surface area contributed by atoms with E-state index in [0.717, 1.165) is 43.8 Å². The molecule has 1 N–H and O–H groups in total. The Hall–Kier alpha value is -0.570. The highest BCUT2D eigenvalue weighted by atomic mass is 35.5. The lowest BCUT2D eigenvalue weighted by Gasteiger charge is -2.35. The number of aliphatic hydroxyl groups is 1. The third-order valence-corrected chi connectivity index (χ3v) is 3.93. The molecule has 3 heteroatoms. The normalized spacial score (nSPS) is 19.1. The van der Waals surface area contributed by atoms with Crippen molar-refractivity contribution in [2.45, 2.75) is 44.2 Å². The summed E-state index contributed by atoms with van der Waals surface area (Å²) in [7, 11) is 2.06. The average molecular weight is 268 g/mol. The smallest absolute Gasteiger partial charge is 0.0774 e. The summed E-state index contributed by atoms with van der Waals surface area (Å²) in [5, 5.41) is 11.3. The van der Waals surface area contributed by atoms with Crippen LogP contribution in [0.25, 0.3) is 0 Å². The molecule has 1 aromatic rings. The molecule has 1 fully saturated rings. The molecule has 2 rings (SSSR count). The highest BCUT2D eigenvalue weighted by Gasteiger charge is 2.30. The van der Waals surface area contributed by atoms with E-state index in [-0.39, 0.29) is 0 Å². The Labute approximate surface area is 115 Å². The molecule has 1 aliphatic carbocycles. The van der Waals surface area contributed by atoms with E-state index < -0.39 is 5.60 Å². The fraction of sp³-hybridized carbons (Fsp3) is 0.600.